The van der Waals surface area contributed by atoms with E-state index in [1.54, 1.807) is 50.3 Å². The Morgan fingerprint density at radius 2 is 0.246 bits per heavy atom. The third-order valence-corrected chi connectivity index (χ3v) is 19.9. The Labute approximate surface area is 366 Å². The smallest absolute Gasteiger partial charge is 0.0654 e. The van der Waals surface area contributed by atoms with Crippen LogP contribution in [0.5, 0.6) is 0 Å². The molecular weight excluding hydrogens is 704 g/mol. The predicted molar refractivity (Wildman–Crippen MR) is 272 cm³/mol. The molecule has 0 unspecified atom stereocenters. The standard InChI is InChI=1S/C56H117P/c1-5-9-13-16-19-22-25-28-31-34-37-40-43-46-50-54-57(53-49-12-8-4,55-51-47-44-41-38-35-32-29-26-23-20-17-14-10-6-2)56-52-48-45-42-39-36-33-30-27-24-21-18-15-11-7-3/h57H,5-56H2,1-4H3. The van der Waals surface area contributed by atoms with Crippen molar-refractivity contribution >= 4 is 7.26 Å². The zero-order chi connectivity index (χ0) is 41.3. The van der Waals surface area contributed by atoms with E-state index in [1.807, 2.05) is 0 Å². The summed E-state index contributed by atoms with van der Waals surface area (Å²) in [6.45, 7) is 9.42. The molecule has 346 valence electrons. The summed E-state index contributed by atoms with van der Waals surface area (Å²) in [6, 6.07) is 0. The summed E-state index contributed by atoms with van der Waals surface area (Å²) in [5.74, 6) is 0. The molecule has 0 saturated heterocycles. The normalized spacial score (nSPS) is 12.3. The van der Waals surface area contributed by atoms with E-state index in [2.05, 4.69) is 27.7 Å². The van der Waals surface area contributed by atoms with Crippen LogP contribution >= 0.6 is 7.26 Å². The van der Waals surface area contributed by atoms with Gasteiger partial charge in [0.05, 0.1) is 0 Å². The van der Waals surface area contributed by atoms with E-state index in [1.165, 1.54) is 283 Å². The molecule has 0 aliphatic rings. The minimum absolute atomic E-state index is 1.15. The van der Waals surface area contributed by atoms with Crippen LogP contribution in [0.1, 0.15) is 336 Å². The second-order valence-electron chi connectivity index (χ2n) is 20.1. The molecule has 0 N–H and O–H groups in total. The fourth-order valence-corrected chi connectivity index (χ4v) is 15.6. The second-order valence-corrected chi connectivity index (χ2v) is 25.1. The van der Waals surface area contributed by atoms with Crippen molar-refractivity contribution in [2.24, 2.45) is 0 Å². The number of hydrogen-bond acceptors (Lipinski definition) is 0. The van der Waals surface area contributed by atoms with Gasteiger partial charge in [-0.2, -0.15) is 0 Å². The van der Waals surface area contributed by atoms with Crippen LogP contribution in [0, 0.1) is 0 Å². The van der Waals surface area contributed by atoms with Gasteiger partial charge < -0.3 is 0 Å². The molecule has 0 aromatic rings. The predicted octanol–water partition coefficient (Wildman–Crippen LogP) is 21.5. The van der Waals surface area contributed by atoms with Crippen LogP contribution in [0.25, 0.3) is 0 Å². The molecule has 0 heterocycles. The van der Waals surface area contributed by atoms with Crippen molar-refractivity contribution in [3.8, 4) is 0 Å². The number of rotatable bonds is 52. The summed E-state index contributed by atoms with van der Waals surface area (Å²) in [7, 11) is -1.15. The van der Waals surface area contributed by atoms with Crippen molar-refractivity contribution < 1.29 is 0 Å². The molecular formula is C56H117P. The number of unbranched alkanes of at least 4 members (excludes halogenated alkanes) is 44. The average Bonchev–Trinajstić information content (AvgIpc) is 3.22. The molecule has 0 aromatic carbocycles. The van der Waals surface area contributed by atoms with Gasteiger partial charge >= 0.3 is 270 Å². The Kier molecular flexibility index (Phi) is 51.2. The van der Waals surface area contributed by atoms with E-state index in [9.17, 15) is 0 Å². The van der Waals surface area contributed by atoms with Crippen LogP contribution in [0.15, 0.2) is 0 Å². The zero-order valence-corrected chi connectivity index (χ0v) is 42.3. The third-order valence-electron chi connectivity index (χ3n) is 14.2. The van der Waals surface area contributed by atoms with Crippen LogP contribution in [-0.4, -0.2) is 24.6 Å². The van der Waals surface area contributed by atoms with Gasteiger partial charge in [0.25, 0.3) is 0 Å². The van der Waals surface area contributed by atoms with Gasteiger partial charge in [-0.15, -0.1) is 0 Å². The Morgan fingerprint density at radius 3 is 0.404 bits per heavy atom. The first-order chi connectivity index (χ1) is 28.2. The van der Waals surface area contributed by atoms with E-state index < -0.39 is 7.26 Å². The van der Waals surface area contributed by atoms with E-state index in [-0.39, 0.29) is 0 Å². The van der Waals surface area contributed by atoms with Gasteiger partial charge in [-0.05, 0) is 0 Å². The minimum atomic E-state index is -1.15. The van der Waals surface area contributed by atoms with Crippen molar-refractivity contribution in [3.63, 3.8) is 0 Å². The Morgan fingerprint density at radius 1 is 0.140 bits per heavy atom. The summed E-state index contributed by atoms with van der Waals surface area (Å²) in [5, 5.41) is 0. The van der Waals surface area contributed by atoms with E-state index in [0.29, 0.717) is 0 Å². The SMILES string of the molecule is CCCCCCCCCCCCCCCCC[PH](CCCCC)(CCCCCCCCCCCCCCCCC)CCCCCCCCCCCCCCCCC. The van der Waals surface area contributed by atoms with Gasteiger partial charge in [-0.1, -0.05) is 97.8 Å². The zero-order valence-electron chi connectivity index (χ0n) is 41.3. The molecule has 0 spiro atoms. The van der Waals surface area contributed by atoms with E-state index >= 15 is 0 Å². The van der Waals surface area contributed by atoms with Crippen molar-refractivity contribution in [3.05, 3.63) is 0 Å². The van der Waals surface area contributed by atoms with Crippen LogP contribution in [-0.2, 0) is 0 Å². The third kappa shape index (κ3) is 45.8. The summed E-state index contributed by atoms with van der Waals surface area (Å²) in [6.07, 6.45) is 78.4. The van der Waals surface area contributed by atoms with Crippen LogP contribution in [0.2, 0.25) is 0 Å². The quantitative estimate of drug-likeness (QED) is 0.0424. The molecule has 0 fully saturated rings. The van der Waals surface area contributed by atoms with Gasteiger partial charge in [0.15, 0.2) is 0 Å². The monoisotopic (exact) mass is 821 g/mol. The summed E-state index contributed by atoms with van der Waals surface area (Å²) < 4.78 is 0. The first-order valence-electron chi connectivity index (χ1n) is 28.2. The van der Waals surface area contributed by atoms with Gasteiger partial charge in [0, 0.05) is 0 Å². The summed E-state index contributed by atoms with van der Waals surface area (Å²) in [5.41, 5.74) is 0. The van der Waals surface area contributed by atoms with Crippen LogP contribution in [0.4, 0.5) is 0 Å². The molecule has 1 heteroatoms. The van der Waals surface area contributed by atoms with E-state index in [0.717, 1.165) is 0 Å². The topological polar surface area (TPSA) is 0 Å². The first kappa shape index (κ1) is 57.4. The van der Waals surface area contributed by atoms with Gasteiger partial charge in [-0.25, -0.2) is 0 Å². The Bertz CT molecular complexity index is 601. The Hall–Kier alpha value is 0.430. The minimum Gasteiger partial charge on any atom is -0.0654 e. The molecule has 0 aromatic heterocycles. The van der Waals surface area contributed by atoms with Gasteiger partial charge in [-0.3, -0.25) is 0 Å². The first-order valence-corrected chi connectivity index (χ1v) is 31.1. The maximum absolute atomic E-state index is 2.43. The fourth-order valence-electron chi connectivity index (χ4n) is 10.1. The Balaban J connectivity index is 4.50. The molecule has 0 aliphatic heterocycles. The average molecular weight is 822 g/mol. The summed E-state index contributed by atoms with van der Waals surface area (Å²) in [4.78, 5) is 0. The summed E-state index contributed by atoms with van der Waals surface area (Å²) >= 11 is 0. The van der Waals surface area contributed by atoms with Gasteiger partial charge in [0.2, 0.25) is 0 Å². The van der Waals surface area contributed by atoms with Crippen molar-refractivity contribution in [2.75, 3.05) is 24.6 Å². The van der Waals surface area contributed by atoms with Crippen molar-refractivity contribution in [1.29, 1.82) is 0 Å². The molecule has 0 radical (unpaired) electrons. The van der Waals surface area contributed by atoms with Crippen molar-refractivity contribution in [1.82, 2.24) is 0 Å². The maximum atomic E-state index is 2.43. The molecule has 0 rings (SSSR count). The second kappa shape index (κ2) is 50.8. The van der Waals surface area contributed by atoms with Crippen LogP contribution < -0.4 is 0 Å². The molecule has 0 atom stereocenters. The van der Waals surface area contributed by atoms with Gasteiger partial charge in [0.1, 0.15) is 0 Å². The molecule has 0 nitrogen and oxygen atoms in total. The molecule has 0 amide bonds. The molecule has 0 bridgehead atoms. The molecule has 0 saturated carbocycles. The molecule has 0 aliphatic carbocycles. The fraction of sp³-hybridized carbons (Fsp3) is 1.00. The van der Waals surface area contributed by atoms with Crippen molar-refractivity contribution in [2.45, 2.75) is 336 Å². The van der Waals surface area contributed by atoms with E-state index in [4.69, 9.17) is 0 Å². The molecule has 57 heavy (non-hydrogen) atoms. The number of hydrogen-bond donors (Lipinski definition) is 0. The van der Waals surface area contributed by atoms with Crippen LogP contribution in [0.3, 0.4) is 0 Å².